The van der Waals surface area contributed by atoms with Crippen LogP contribution in [-0.4, -0.2) is 32.8 Å². The van der Waals surface area contributed by atoms with Gasteiger partial charge in [-0.15, -0.1) is 0 Å². The summed E-state index contributed by atoms with van der Waals surface area (Å²) in [6.45, 7) is 0.514. The number of carbonyl (C=O) groups excluding carboxylic acids is 1. The highest BCUT2D eigenvalue weighted by Crippen LogP contribution is 2.41. The zero-order valence-electron chi connectivity index (χ0n) is 18.3. The smallest absolute Gasteiger partial charge is 0.253 e. The predicted octanol–water partition coefficient (Wildman–Crippen LogP) is 3.81. The van der Waals surface area contributed by atoms with Crippen LogP contribution in [0.2, 0.25) is 0 Å². The summed E-state index contributed by atoms with van der Waals surface area (Å²) in [5.41, 5.74) is 11.7. The molecule has 0 aliphatic heterocycles. The van der Waals surface area contributed by atoms with Gasteiger partial charge in [0.2, 0.25) is 0 Å². The van der Waals surface area contributed by atoms with Crippen LogP contribution in [0.15, 0.2) is 49.1 Å². The molecular weight excluding hydrogens is 402 g/mol. The van der Waals surface area contributed by atoms with Crippen LogP contribution < -0.4 is 11.1 Å². The van der Waals surface area contributed by atoms with E-state index in [1.807, 2.05) is 25.4 Å². The summed E-state index contributed by atoms with van der Waals surface area (Å²) in [7, 11) is 1.87. The SMILES string of the molecule is Cn1cc(-c2cncc(C(=O)N[C@H]3CCC[C@@H]3OCc3cc(N)cc(C4CC4)c3)c2)cn1. The second-order valence-electron chi connectivity index (χ2n) is 9.01. The summed E-state index contributed by atoms with van der Waals surface area (Å²) in [4.78, 5) is 17.2. The number of nitrogens with one attached hydrogen (secondary N) is 1. The first-order valence-electron chi connectivity index (χ1n) is 11.3. The molecule has 32 heavy (non-hydrogen) atoms. The van der Waals surface area contributed by atoms with Crippen molar-refractivity contribution in [2.45, 2.75) is 56.8 Å². The fourth-order valence-electron chi connectivity index (χ4n) is 4.52. The Bertz CT molecular complexity index is 1120. The zero-order valence-corrected chi connectivity index (χ0v) is 18.3. The van der Waals surface area contributed by atoms with Crippen LogP contribution in [0.3, 0.4) is 0 Å². The van der Waals surface area contributed by atoms with E-state index in [-0.39, 0.29) is 18.1 Å². The maximum Gasteiger partial charge on any atom is 0.253 e. The molecule has 0 saturated heterocycles. The predicted molar refractivity (Wildman–Crippen MR) is 123 cm³/mol. The first-order chi connectivity index (χ1) is 15.5. The summed E-state index contributed by atoms with van der Waals surface area (Å²) >= 11 is 0. The lowest BCUT2D eigenvalue weighted by atomic mass is 10.1. The lowest BCUT2D eigenvalue weighted by Crippen LogP contribution is -2.41. The molecule has 2 aliphatic rings. The van der Waals surface area contributed by atoms with Gasteiger partial charge in [-0.05, 0) is 67.3 Å². The molecule has 0 radical (unpaired) electrons. The monoisotopic (exact) mass is 431 g/mol. The Morgan fingerprint density at radius 2 is 2.00 bits per heavy atom. The average molecular weight is 432 g/mol. The van der Waals surface area contributed by atoms with Crippen molar-refractivity contribution in [3.63, 3.8) is 0 Å². The minimum Gasteiger partial charge on any atom is -0.399 e. The Balaban J connectivity index is 1.22. The van der Waals surface area contributed by atoms with Gasteiger partial charge in [0, 0.05) is 42.5 Å². The van der Waals surface area contributed by atoms with Gasteiger partial charge in [0.15, 0.2) is 0 Å². The molecule has 2 atom stereocenters. The summed E-state index contributed by atoms with van der Waals surface area (Å²) in [6.07, 6.45) is 12.4. The molecule has 7 nitrogen and oxygen atoms in total. The second kappa shape index (κ2) is 8.74. The summed E-state index contributed by atoms with van der Waals surface area (Å²) in [5, 5.41) is 7.36. The van der Waals surface area contributed by atoms with E-state index in [1.165, 1.54) is 18.4 Å². The lowest BCUT2D eigenvalue weighted by molar-refractivity contribution is 0.0272. The number of anilines is 1. The maximum atomic E-state index is 12.9. The quantitative estimate of drug-likeness (QED) is 0.555. The van der Waals surface area contributed by atoms with E-state index in [4.69, 9.17) is 10.5 Å². The van der Waals surface area contributed by atoms with Gasteiger partial charge in [-0.25, -0.2) is 0 Å². The van der Waals surface area contributed by atoms with E-state index in [0.717, 1.165) is 41.6 Å². The van der Waals surface area contributed by atoms with Crippen LogP contribution in [0.5, 0.6) is 0 Å². The molecule has 0 unspecified atom stereocenters. The van der Waals surface area contributed by atoms with Crippen molar-refractivity contribution in [2.75, 3.05) is 5.73 Å². The van der Waals surface area contributed by atoms with Crippen molar-refractivity contribution < 1.29 is 9.53 Å². The molecular formula is C25H29N5O2. The third-order valence-corrected chi connectivity index (χ3v) is 6.36. The Morgan fingerprint density at radius 1 is 1.12 bits per heavy atom. The minimum atomic E-state index is -0.122. The largest absolute Gasteiger partial charge is 0.399 e. The number of carbonyl (C=O) groups is 1. The average Bonchev–Trinajstić information content (AvgIpc) is 3.41. The van der Waals surface area contributed by atoms with Crippen molar-refractivity contribution >= 4 is 11.6 Å². The Morgan fingerprint density at radius 3 is 2.78 bits per heavy atom. The van der Waals surface area contributed by atoms with Crippen LogP contribution in [0.1, 0.15) is 59.5 Å². The van der Waals surface area contributed by atoms with Crippen molar-refractivity contribution in [1.82, 2.24) is 20.1 Å². The van der Waals surface area contributed by atoms with E-state index < -0.39 is 0 Å². The maximum absolute atomic E-state index is 12.9. The second-order valence-corrected chi connectivity index (χ2v) is 9.01. The van der Waals surface area contributed by atoms with Gasteiger partial charge in [-0.3, -0.25) is 14.5 Å². The fourth-order valence-corrected chi connectivity index (χ4v) is 4.52. The highest BCUT2D eigenvalue weighted by Gasteiger charge is 2.30. The topological polar surface area (TPSA) is 95.1 Å². The minimum absolute atomic E-state index is 0.000721. The molecule has 7 heteroatoms. The molecule has 1 amide bonds. The summed E-state index contributed by atoms with van der Waals surface area (Å²) < 4.78 is 7.98. The number of amides is 1. The van der Waals surface area contributed by atoms with E-state index in [0.29, 0.717) is 18.1 Å². The molecule has 3 N–H and O–H groups in total. The highest BCUT2D eigenvalue weighted by atomic mass is 16.5. The molecule has 0 spiro atoms. The number of aromatic nitrogens is 3. The molecule has 166 valence electrons. The Kier molecular flexibility index (Phi) is 5.66. The normalized spacial score (nSPS) is 20.4. The van der Waals surface area contributed by atoms with Crippen LogP contribution in [0.25, 0.3) is 11.1 Å². The molecule has 2 heterocycles. The molecule has 5 rings (SSSR count). The van der Waals surface area contributed by atoms with E-state index >= 15 is 0 Å². The number of hydrogen-bond acceptors (Lipinski definition) is 5. The standard InChI is InChI=1S/C25H29N5O2/c1-30-14-21(13-28-30)19-9-20(12-27-11-19)25(31)29-23-3-2-4-24(23)32-15-16-7-18(17-5-6-17)10-22(26)8-16/h7-14,17,23-24H,2-6,15,26H2,1H3,(H,29,31)/t23-,24-/m0/s1. The van der Waals surface area contributed by atoms with Gasteiger partial charge >= 0.3 is 0 Å². The fraction of sp³-hybridized carbons (Fsp3) is 0.400. The third-order valence-electron chi connectivity index (χ3n) is 6.36. The highest BCUT2D eigenvalue weighted by molar-refractivity contribution is 5.95. The van der Waals surface area contributed by atoms with Crippen molar-refractivity contribution in [2.24, 2.45) is 7.05 Å². The lowest BCUT2D eigenvalue weighted by Gasteiger charge is -2.22. The number of nitrogens with two attached hydrogens (primary N) is 1. The van der Waals surface area contributed by atoms with Gasteiger partial charge in [0.05, 0.1) is 30.5 Å². The number of benzene rings is 1. The number of nitrogen functional groups attached to an aromatic ring is 1. The van der Waals surface area contributed by atoms with E-state index in [2.05, 4.69) is 27.5 Å². The van der Waals surface area contributed by atoms with Gasteiger partial charge in [0.25, 0.3) is 5.91 Å². The zero-order chi connectivity index (χ0) is 22.1. The molecule has 0 bridgehead atoms. The first-order valence-corrected chi connectivity index (χ1v) is 11.3. The molecule has 2 aromatic heterocycles. The Labute approximate surface area is 188 Å². The van der Waals surface area contributed by atoms with Gasteiger partial charge < -0.3 is 15.8 Å². The number of rotatable bonds is 7. The number of hydrogen-bond donors (Lipinski definition) is 2. The third kappa shape index (κ3) is 4.67. The number of pyridine rings is 1. The van der Waals surface area contributed by atoms with Crippen LogP contribution in [-0.2, 0) is 18.4 Å². The number of nitrogens with zero attached hydrogens (tertiary/aromatic N) is 3. The molecule has 3 aromatic rings. The van der Waals surface area contributed by atoms with Crippen molar-refractivity contribution in [3.05, 3.63) is 65.7 Å². The molecule has 2 aliphatic carbocycles. The van der Waals surface area contributed by atoms with Crippen molar-refractivity contribution in [3.8, 4) is 11.1 Å². The number of ether oxygens (including phenoxy) is 1. The van der Waals surface area contributed by atoms with E-state index in [1.54, 1.807) is 23.3 Å². The van der Waals surface area contributed by atoms with Gasteiger partial charge in [-0.1, -0.05) is 6.07 Å². The van der Waals surface area contributed by atoms with Crippen molar-refractivity contribution in [1.29, 1.82) is 0 Å². The van der Waals surface area contributed by atoms with Gasteiger partial charge in [0.1, 0.15) is 0 Å². The summed E-state index contributed by atoms with van der Waals surface area (Å²) in [6, 6.07) is 8.13. The van der Waals surface area contributed by atoms with Gasteiger partial charge in [-0.2, -0.15) is 5.10 Å². The summed E-state index contributed by atoms with van der Waals surface area (Å²) in [5.74, 6) is 0.538. The number of aryl methyl sites for hydroxylation is 1. The van der Waals surface area contributed by atoms with Crippen LogP contribution in [0, 0.1) is 0 Å². The Hall–Kier alpha value is -3.19. The van der Waals surface area contributed by atoms with E-state index in [9.17, 15) is 4.79 Å². The first kappa shape index (κ1) is 20.7. The molecule has 2 saturated carbocycles. The van der Waals surface area contributed by atoms with Crippen LogP contribution >= 0.6 is 0 Å². The van der Waals surface area contributed by atoms with Crippen LogP contribution in [0.4, 0.5) is 5.69 Å². The molecule has 1 aromatic carbocycles. The molecule has 2 fully saturated rings.